The number of carbonyl (C=O) groups excluding carboxylic acids is 1. The zero-order valence-electron chi connectivity index (χ0n) is 9.46. The third kappa shape index (κ3) is 3.27. The Morgan fingerprint density at radius 1 is 1.40 bits per heavy atom. The first-order valence-electron chi connectivity index (χ1n) is 4.71. The van der Waals surface area contributed by atoms with Gasteiger partial charge in [-0.3, -0.25) is 0 Å². The standard InChI is InChI=1S/C12H15O3/c1-12(2,3)15-11(13)9-7-5-6-8-10(9)14-4/h6-8H,1-4H3. The number of carbonyl (C=O) groups is 1. The van der Waals surface area contributed by atoms with Crippen molar-refractivity contribution in [2.75, 3.05) is 7.11 Å². The lowest BCUT2D eigenvalue weighted by Gasteiger charge is -2.20. The van der Waals surface area contributed by atoms with Gasteiger partial charge in [0.25, 0.3) is 0 Å². The second-order valence-corrected chi connectivity index (χ2v) is 4.13. The second kappa shape index (κ2) is 4.34. The maximum absolute atomic E-state index is 11.7. The van der Waals surface area contributed by atoms with E-state index in [0.717, 1.165) is 0 Å². The molecule has 0 heterocycles. The Morgan fingerprint density at radius 2 is 2.07 bits per heavy atom. The number of benzene rings is 1. The van der Waals surface area contributed by atoms with Crippen molar-refractivity contribution in [2.45, 2.75) is 26.4 Å². The summed E-state index contributed by atoms with van der Waals surface area (Å²) < 4.78 is 10.3. The van der Waals surface area contributed by atoms with Gasteiger partial charge in [-0.2, -0.15) is 0 Å². The van der Waals surface area contributed by atoms with Crippen molar-refractivity contribution in [1.29, 1.82) is 0 Å². The highest BCUT2D eigenvalue weighted by Crippen LogP contribution is 2.20. The largest absolute Gasteiger partial charge is 0.496 e. The number of esters is 1. The average molecular weight is 207 g/mol. The van der Waals surface area contributed by atoms with Crippen LogP contribution in [0.4, 0.5) is 0 Å². The summed E-state index contributed by atoms with van der Waals surface area (Å²) in [6.45, 7) is 5.47. The van der Waals surface area contributed by atoms with Gasteiger partial charge in [-0.25, -0.2) is 4.79 Å². The molecule has 1 rings (SSSR count). The third-order valence-electron chi connectivity index (χ3n) is 1.66. The highest BCUT2D eigenvalue weighted by molar-refractivity contribution is 5.92. The molecule has 0 fully saturated rings. The molecule has 0 aromatic heterocycles. The number of methoxy groups -OCH3 is 1. The molecular weight excluding hydrogens is 192 g/mol. The van der Waals surface area contributed by atoms with E-state index in [-0.39, 0.29) is 0 Å². The summed E-state index contributed by atoms with van der Waals surface area (Å²) in [6.07, 6.45) is 0. The van der Waals surface area contributed by atoms with E-state index in [1.807, 2.05) is 20.8 Å². The van der Waals surface area contributed by atoms with Crippen molar-refractivity contribution in [3.63, 3.8) is 0 Å². The predicted molar refractivity (Wildman–Crippen MR) is 57.0 cm³/mol. The van der Waals surface area contributed by atoms with Gasteiger partial charge in [0.1, 0.15) is 16.9 Å². The van der Waals surface area contributed by atoms with Gasteiger partial charge < -0.3 is 9.47 Å². The first-order chi connectivity index (χ1) is 6.94. The summed E-state index contributed by atoms with van der Waals surface area (Å²) in [4.78, 5) is 11.7. The quantitative estimate of drug-likeness (QED) is 0.699. The molecule has 0 saturated heterocycles. The van der Waals surface area contributed by atoms with E-state index < -0.39 is 11.6 Å². The van der Waals surface area contributed by atoms with Gasteiger partial charge >= 0.3 is 5.97 Å². The molecule has 0 amide bonds. The van der Waals surface area contributed by atoms with E-state index in [2.05, 4.69) is 6.07 Å². The lowest BCUT2D eigenvalue weighted by atomic mass is 10.1. The summed E-state index contributed by atoms with van der Waals surface area (Å²) in [5, 5.41) is 0. The molecule has 3 heteroatoms. The van der Waals surface area contributed by atoms with E-state index in [1.165, 1.54) is 7.11 Å². The first-order valence-corrected chi connectivity index (χ1v) is 4.71. The van der Waals surface area contributed by atoms with E-state index in [4.69, 9.17) is 9.47 Å². The topological polar surface area (TPSA) is 35.5 Å². The van der Waals surface area contributed by atoms with E-state index >= 15 is 0 Å². The minimum Gasteiger partial charge on any atom is -0.496 e. The fourth-order valence-corrected chi connectivity index (χ4v) is 1.09. The summed E-state index contributed by atoms with van der Waals surface area (Å²) in [7, 11) is 1.52. The Bertz CT molecular complexity index is 350. The molecule has 1 aromatic rings. The fraction of sp³-hybridized carbons (Fsp3) is 0.417. The van der Waals surface area contributed by atoms with Crippen molar-refractivity contribution >= 4 is 5.97 Å². The molecular formula is C12H15O3. The Balaban J connectivity index is 2.91. The van der Waals surface area contributed by atoms with Crippen LogP contribution < -0.4 is 4.74 Å². The zero-order valence-corrected chi connectivity index (χ0v) is 9.46. The van der Waals surface area contributed by atoms with Crippen LogP contribution in [0.1, 0.15) is 31.1 Å². The molecule has 1 aromatic carbocycles. The molecule has 0 bridgehead atoms. The van der Waals surface area contributed by atoms with Crippen LogP contribution in [0.5, 0.6) is 5.75 Å². The Morgan fingerprint density at radius 3 is 2.60 bits per heavy atom. The van der Waals surface area contributed by atoms with E-state index in [9.17, 15) is 4.79 Å². The van der Waals surface area contributed by atoms with Crippen molar-refractivity contribution in [3.05, 3.63) is 29.8 Å². The van der Waals surface area contributed by atoms with E-state index in [1.54, 1.807) is 18.2 Å². The molecule has 0 N–H and O–H groups in total. The Kier molecular flexibility index (Phi) is 3.35. The van der Waals surface area contributed by atoms with Crippen LogP contribution in [0.3, 0.4) is 0 Å². The molecule has 0 unspecified atom stereocenters. The maximum atomic E-state index is 11.7. The highest BCUT2D eigenvalue weighted by Gasteiger charge is 2.20. The molecule has 0 atom stereocenters. The molecule has 0 aliphatic heterocycles. The minimum absolute atomic E-state index is 0.392. The fourth-order valence-electron chi connectivity index (χ4n) is 1.09. The summed E-state index contributed by atoms with van der Waals surface area (Å²) in [5.74, 6) is 0.110. The van der Waals surface area contributed by atoms with Gasteiger partial charge in [-0.1, -0.05) is 6.07 Å². The van der Waals surface area contributed by atoms with Gasteiger partial charge in [-0.15, -0.1) is 0 Å². The maximum Gasteiger partial charge on any atom is 0.342 e. The molecule has 3 nitrogen and oxygen atoms in total. The van der Waals surface area contributed by atoms with Gasteiger partial charge in [0.2, 0.25) is 0 Å². The third-order valence-corrected chi connectivity index (χ3v) is 1.66. The van der Waals surface area contributed by atoms with Crippen molar-refractivity contribution < 1.29 is 14.3 Å². The number of hydrogen-bond donors (Lipinski definition) is 0. The lowest BCUT2D eigenvalue weighted by molar-refractivity contribution is 0.00665. The smallest absolute Gasteiger partial charge is 0.342 e. The summed E-state index contributed by atoms with van der Waals surface area (Å²) in [6, 6.07) is 7.75. The van der Waals surface area contributed by atoms with Crippen LogP contribution in [0.15, 0.2) is 18.2 Å². The molecule has 0 saturated carbocycles. The van der Waals surface area contributed by atoms with Crippen LogP contribution in [0, 0.1) is 6.07 Å². The normalized spacial score (nSPS) is 10.9. The monoisotopic (exact) mass is 207 g/mol. The lowest BCUT2D eigenvalue weighted by Crippen LogP contribution is -2.24. The molecule has 0 aliphatic rings. The van der Waals surface area contributed by atoms with Crippen LogP contribution >= 0.6 is 0 Å². The van der Waals surface area contributed by atoms with E-state index in [0.29, 0.717) is 11.3 Å². The number of ether oxygens (including phenoxy) is 2. The average Bonchev–Trinajstić information content (AvgIpc) is 2.15. The summed E-state index contributed by atoms with van der Waals surface area (Å²) >= 11 is 0. The second-order valence-electron chi connectivity index (χ2n) is 4.13. The van der Waals surface area contributed by atoms with Crippen molar-refractivity contribution in [1.82, 2.24) is 0 Å². The Hall–Kier alpha value is -1.51. The predicted octanol–water partition coefficient (Wildman–Crippen LogP) is 2.45. The van der Waals surface area contributed by atoms with Gasteiger partial charge in [0.05, 0.1) is 7.11 Å². The first kappa shape index (κ1) is 11.6. The SMILES string of the molecule is COc1cc[c]cc1C(=O)OC(C)(C)C. The molecule has 15 heavy (non-hydrogen) atoms. The van der Waals surface area contributed by atoms with Crippen molar-refractivity contribution in [3.8, 4) is 5.75 Å². The summed E-state index contributed by atoms with van der Waals surface area (Å²) in [5.41, 5.74) is -0.104. The van der Waals surface area contributed by atoms with Crippen LogP contribution in [-0.2, 0) is 4.74 Å². The Labute approximate surface area is 90.0 Å². The van der Waals surface area contributed by atoms with Crippen molar-refractivity contribution in [2.24, 2.45) is 0 Å². The molecule has 1 radical (unpaired) electrons. The molecule has 0 spiro atoms. The van der Waals surface area contributed by atoms with Gasteiger partial charge in [0.15, 0.2) is 0 Å². The zero-order chi connectivity index (χ0) is 11.5. The molecule has 81 valence electrons. The van der Waals surface area contributed by atoms with Gasteiger partial charge in [0, 0.05) is 0 Å². The van der Waals surface area contributed by atoms with Gasteiger partial charge in [-0.05, 0) is 39.0 Å². The van der Waals surface area contributed by atoms with Crippen LogP contribution in [0.2, 0.25) is 0 Å². The van der Waals surface area contributed by atoms with Crippen LogP contribution in [0.25, 0.3) is 0 Å². The molecule has 0 aliphatic carbocycles. The van der Waals surface area contributed by atoms with Crippen LogP contribution in [-0.4, -0.2) is 18.7 Å². The highest BCUT2D eigenvalue weighted by atomic mass is 16.6. The number of hydrogen-bond acceptors (Lipinski definition) is 3. The number of rotatable bonds is 2. The minimum atomic E-state index is -0.502.